The highest BCUT2D eigenvalue weighted by molar-refractivity contribution is 5.74. The van der Waals surface area contributed by atoms with Crippen LogP contribution in [0.5, 0.6) is 5.75 Å². The van der Waals surface area contributed by atoms with Gasteiger partial charge in [-0.1, -0.05) is 13.8 Å². The van der Waals surface area contributed by atoms with E-state index >= 15 is 0 Å². The fourth-order valence-corrected chi connectivity index (χ4v) is 2.35. The van der Waals surface area contributed by atoms with Gasteiger partial charge in [-0.25, -0.2) is 4.98 Å². The molecule has 4 heteroatoms. The molecular formula is C15H22N2O2. The molecule has 104 valence electrons. The van der Waals surface area contributed by atoms with Crippen molar-refractivity contribution in [2.75, 3.05) is 13.7 Å². The Bertz CT molecular complexity index is 534. The maximum atomic E-state index is 5.82. The van der Waals surface area contributed by atoms with Crippen molar-refractivity contribution in [3.8, 4) is 5.75 Å². The van der Waals surface area contributed by atoms with Crippen LogP contribution in [0.15, 0.2) is 22.6 Å². The molecule has 0 aliphatic rings. The molecule has 2 rings (SSSR count). The second-order valence-electron chi connectivity index (χ2n) is 5.38. The number of benzene rings is 1. The number of fused-ring (bicyclic) bond motifs is 1. The number of aromatic nitrogens is 1. The molecule has 1 unspecified atom stereocenters. The predicted octanol–water partition coefficient (Wildman–Crippen LogP) is 3.00. The van der Waals surface area contributed by atoms with Gasteiger partial charge in [0.05, 0.1) is 7.11 Å². The van der Waals surface area contributed by atoms with Gasteiger partial charge < -0.3 is 14.9 Å². The summed E-state index contributed by atoms with van der Waals surface area (Å²) in [5, 5.41) is 0. The standard InChI is InChI=1S/C15H22N2O2/c1-10(2)6-11(9-16)7-15-17-13-8-12(18-3)4-5-14(13)19-15/h4-5,8,10-11H,6-7,9,16H2,1-3H3. The van der Waals surface area contributed by atoms with Gasteiger partial charge in [0, 0.05) is 12.5 Å². The summed E-state index contributed by atoms with van der Waals surface area (Å²) in [4.78, 5) is 4.51. The maximum absolute atomic E-state index is 5.82. The number of rotatable bonds is 6. The summed E-state index contributed by atoms with van der Waals surface area (Å²) in [5.41, 5.74) is 7.46. The summed E-state index contributed by atoms with van der Waals surface area (Å²) in [6.45, 7) is 5.08. The Hall–Kier alpha value is -1.55. The van der Waals surface area contributed by atoms with Crippen LogP contribution in [0.4, 0.5) is 0 Å². The zero-order valence-electron chi connectivity index (χ0n) is 11.8. The number of nitrogens with two attached hydrogens (primary N) is 1. The van der Waals surface area contributed by atoms with E-state index in [1.807, 2.05) is 18.2 Å². The summed E-state index contributed by atoms with van der Waals surface area (Å²) in [5.74, 6) is 2.62. The lowest BCUT2D eigenvalue weighted by Gasteiger charge is -2.14. The van der Waals surface area contributed by atoms with Crippen LogP contribution in [-0.2, 0) is 6.42 Å². The Morgan fingerprint density at radius 2 is 2.16 bits per heavy atom. The van der Waals surface area contributed by atoms with E-state index < -0.39 is 0 Å². The van der Waals surface area contributed by atoms with Gasteiger partial charge in [-0.05, 0) is 36.9 Å². The fourth-order valence-electron chi connectivity index (χ4n) is 2.35. The van der Waals surface area contributed by atoms with Crippen LogP contribution in [0.1, 0.15) is 26.2 Å². The molecule has 0 bridgehead atoms. The summed E-state index contributed by atoms with van der Waals surface area (Å²) in [6.07, 6.45) is 1.89. The molecule has 1 aromatic carbocycles. The van der Waals surface area contributed by atoms with Crippen molar-refractivity contribution in [3.63, 3.8) is 0 Å². The van der Waals surface area contributed by atoms with Gasteiger partial charge in [0.25, 0.3) is 0 Å². The number of oxazole rings is 1. The van der Waals surface area contributed by atoms with Crippen LogP contribution in [0.3, 0.4) is 0 Å². The number of ether oxygens (including phenoxy) is 1. The van der Waals surface area contributed by atoms with E-state index in [4.69, 9.17) is 14.9 Å². The minimum atomic E-state index is 0.426. The molecule has 2 aromatic rings. The Morgan fingerprint density at radius 1 is 1.37 bits per heavy atom. The van der Waals surface area contributed by atoms with Gasteiger partial charge in [0.2, 0.25) is 0 Å². The van der Waals surface area contributed by atoms with Crippen LogP contribution < -0.4 is 10.5 Å². The molecule has 0 saturated carbocycles. The minimum absolute atomic E-state index is 0.426. The SMILES string of the molecule is COc1ccc2oc(CC(CN)CC(C)C)nc2c1. The Labute approximate surface area is 114 Å². The van der Waals surface area contributed by atoms with E-state index in [1.165, 1.54) is 0 Å². The smallest absolute Gasteiger partial charge is 0.195 e. The average molecular weight is 262 g/mol. The fraction of sp³-hybridized carbons (Fsp3) is 0.533. The third kappa shape index (κ3) is 3.47. The van der Waals surface area contributed by atoms with Crippen LogP contribution in [0, 0.1) is 11.8 Å². The van der Waals surface area contributed by atoms with Crippen molar-refractivity contribution in [2.24, 2.45) is 17.6 Å². The molecule has 0 saturated heterocycles. The number of hydrogen-bond donors (Lipinski definition) is 1. The van der Waals surface area contributed by atoms with Crippen molar-refractivity contribution < 1.29 is 9.15 Å². The summed E-state index contributed by atoms with van der Waals surface area (Å²) >= 11 is 0. The largest absolute Gasteiger partial charge is 0.497 e. The molecule has 1 atom stereocenters. The lowest BCUT2D eigenvalue weighted by molar-refractivity contribution is 0.380. The molecule has 4 nitrogen and oxygen atoms in total. The number of nitrogens with zero attached hydrogens (tertiary/aromatic N) is 1. The molecule has 0 amide bonds. The Morgan fingerprint density at radius 3 is 2.79 bits per heavy atom. The second-order valence-corrected chi connectivity index (χ2v) is 5.38. The number of methoxy groups -OCH3 is 1. The van der Waals surface area contributed by atoms with E-state index in [1.54, 1.807) is 7.11 Å². The van der Waals surface area contributed by atoms with Crippen molar-refractivity contribution in [1.29, 1.82) is 0 Å². The van der Waals surface area contributed by atoms with Crippen LogP contribution in [0.25, 0.3) is 11.1 Å². The lowest BCUT2D eigenvalue weighted by atomic mass is 9.94. The Kier molecular flexibility index (Phi) is 4.43. The van der Waals surface area contributed by atoms with Crippen LogP contribution in [-0.4, -0.2) is 18.6 Å². The highest BCUT2D eigenvalue weighted by Crippen LogP contribution is 2.23. The molecular weight excluding hydrogens is 240 g/mol. The first-order valence-corrected chi connectivity index (χ1v) is 6.76. The van der Waals surface area contributed by atoms with Crippen molar-refractivity contribution in [2.45, 2.75) is 26.7 Å². The van der Waals surface area contributed by atoms with Gasteiger partial charge in [0.1, 0.15) is 11.3 Å². The number of hydrogen-bond acceptors (Lipinski definition) is 4. The topological polar surface area (TPSA) is 61.3 Å². The molecule has 19 heavy (non-hydrogen) atoms. The molecule has 1 heterocycles. The first kappa shape index (κ1) is 13.9. The van der Waals surface area contributed by atoms with E-state index in [2.05, 4.69) is 18.8 Å². The molecule has 2 N–H and O–H groups in total. The van der Waals surface area contributed by atoms with E-state index in [-0.39, 0.29) is 0 Å². The third-order valence-corrected chi connectivity index (χ3v) is 3.24. The molecule has 1 aromatic heterocycles. The van der Waals surface area contributed by atoms with Gasteiger partial charge in [-0.2, -0.15) is 0 Å². The van der Waals surface area contributed by atoms with E-state index in [0.717, 1.165) is 35.6 Å². The van der Waals surface area contributed by atoms with Crippen molar-refractivity contribution >= 4 is 11.1 Å². The maximum Gasteiger partial charge on any atom is 0.195 e. The van der Waals surface area contributed by atoms with Crippen molar-refractivity contribution in [3.05, 3.63) is 24.1 Å². The monoisotopic (exact) mass is 262 g/mol. The first-order valence-electron chi connectivity index (χ1n) is 6.76. The normalized spacial score (nSPS) is 13.1. The molecule has 0 aliphatic carbocycles. The second kappa shape index (κ2) is 6.06. The van der Waals surface area contributed by atoms with Gasteiger partial charge >= 0.3 is 0 Å². The molecule has 0 fully saturated rings. The zero-order valence-corrected chi connectivity index (χ0v) is 11.8. The molecule has 0 radical (unpaired) electrons. The summed E-state index contributed by atoms with van der Waals surface area (Å²) < 4.78 is 10.9. The predicted molar refractivity (Wildman–Crippen MR) is 76.3 cm³/mol. The Balaban J connectivity index is 2.16. The van der Waals surface area contributed by atoms with Gasteiger partial charge in [-0.15, -0.1) is 0 Å². The molecule has 0 aliphatic heterocycles. The highest BCUT2D eigenvalue weighted by atomic mass is 16.5. The molecule has 0 spiro atoms. The highest BCUT2D eigenvalue weighted by Gasteiger charge is 2.14. The first-order chi connectivity index (χ1) is 9.12. The third-order valence-electron chi connectivity index (χ3n) is 3.24. The lowest BCUT2D eigenvalue weighted by Crippen LogP contribution is -2.18. The minimum Gasteiger partial charge on any atom is -0.497 e. The summed E-state index contributed by atoms with van der Waals surface area (Å²) in [6, 6.07) is 5.67. The quantitative estimate of drug-likeness (QED) is 0.869. The zero-order chi connectivity index (χ0) is 13.8. The van der Waals surface area contributed by atoms with Gasteiger partial charge in [-0.3, -0.25) is 0 Å². The average Bonchev–Trinajstić information content (AvgIpc) is 2.78. The van der Waals surface area contributed by atoms with Gasteiger partial charge in [0.15, 0.2) is 11.5 Å². The van der Waals surface area contributed by atoms with E-state index in [0.29, 0.717) is 18.4 Å². The van der Waals surface area contributed by atoms with Crippen molar-refractivity contribution in [1.82, 2.24) is 4.98 Å². The van der Waals surface area contributed by atoms with E-state index in [9.17, 15) is 0 Å². The van der Waals surface area contributed by atoms with Crippen LogP contribution >= 0.6 is 0 Å². The van der Waals surface area contributed by atoms with Crippen LogP contribution in [0.2, 0.25) is 0 Å². The summed E-state index contributed by atoms with van der Waals surface area (Å²) in [7, 11) is 1.65.